The zero-order chi connectivity index (χ0) is 17.4. The van der Waals surface area contributed by atoms with Gasteiger partial charge in [-0.1, -0.05) is 30.3 Å². The molecule has 0 aliphatic carbocycles. The molecule has 5 nitrogen and oxygen atoms in total. The highest BCUT2D eigenvalue weighted by Crippen LogP contribution is 2.43. The van der Waals surface area contributed by atoms with Crippen LogP contribution < -0.4 is 0 Å². The molecule has 3 saturated heterocycles. The number of thioether (sulfide) groups is 1. The summed E-state index contributed by atoms with van der Waals surface area (Å²) in [6.07, 6.45) is -0.159. The van der Waals surface area contributed by atoms with Crippen molar-refractivity contribution < 1.29 is 18.9 Å². The van der Waals surface area contributed by atoms with Crippen molar-refractivity contribution in [2.45, 2.75) is 56.0 Å². The third-order valence-electron chi connectivity index (χ3n) is 5.03. The highest BCUT2D eigenvalue weighted by molar-refractivity contribution is 8.00. The van der Waals surface area contributed by atoms with E-state index in [1.165, 1.54) is 5.56 Å². The van der Waals surface area contributed by atoms with Gasteiger partial charge in [-0.2, -0.15) is 0 Å². The normalized spacial score (nSPS) is 37.5. The average molecular weight is 365 g/mol. The lowest BCUT2D eigenvalue weighted by Crippen LogP contribution is -2.42. The van der Waals surface area contributed by atoms with E-state index in [-0.39, 0.29) is 24.4 Å². The zero-order valence-corrected chi connectivity index (χ0v) is 15.9. The van der Waals surface area contributed by atoms with E-state index in [4.69, 9.17) is 18.9 Å². The average Bonchev–Trinajstić information content (AvgIpc) is 3.22. The molecule has 0 saturated carbocycles. The van der Waals surface area contributed by atoms with Crippen LogP contribution in [0.3, 0.4) is 0 Å². The standard InChI is InChI=1S/C19H27NO4S/c1-19(2)23-15-14(12-21-11-13-7-5-4-6-8-13)22-17(16(15)24-19)18-20(3)9-10-25-18/h4-8,14-18H,9-12H2,1-3H3/t14-,15-,16-,17-,18?/m1/s1. The molecule has 138 valence electrons. The molecule has 1 aromatic carbocycles. The van der Waals surface area contributed by atoms with E-state index in [0.29, 0.717) is 18.6 Å². The smallest absolute Gasteiger partial charge is 0.164 e. The zero-order valence-electron chi connectivity index (χ0n) is 15.1. The van der Waals surface area contributed by atoms with Crippen LogP contribution >= 0.6 is 11.8 Å². The maximum Gasteiger partial charge on any atom is 0.164 e. The molecule has 5 atom stereocenters. The van der Waals surface area contributed by atoms with Crippen LogP contribution in [0.5, 0.6) is 0 Å². The van der Waals surface area contributed by atoms with E-state index < -0.39 is 5.79 Å². The van der Waals surface area contributed by atoms with Gasteiger partial charge in [-0.05, 0) is 26.5 Å². The predicted octanol–water partition coefficient (Wildman–Crippen LogP) is 2.50. The predicted molar refractivity (Wildman–Crippen MR) is 97.5 cm³/mol. The molecule has 0 spiro atoms. The minimum absolute atomic E-state index is 0.0228. The molecule has 0 N–H and O–H groups in total. The van der Waals surface area contributed by atoms with Gasteiger partial charge in [0.15, 0.2) is 5.79 Å². The summed E-state index contributed by atoms with van der Waals surface area (Å²) in [5, 5.41) is 0.323. The van der Waals surface area contributed by atoms with Gasteiger partial charge in [0.05, 0.1) is 18.6 Å². The Bertz CT molecular complexity index is 584. The molecule has 0 aromatic heterocycles. The first-order valence-corrected chi connectivity index (χ1v) is 10.0. The first-order valence-electron chi connectivity index (χ1n) is 8.98. The van der Waals surface area contributed by atoms with Gasteiger partial charge < -0.3 is 18.9 Å². The van der Waals surface area contributed by atoms with Crippen LogP contribution in [0.4, 0.5) is 0 Å². The van der Waals surface area contributed by atoms with Gasteiger partial charge in [0, 0.05) is 12.3 Å². The van der Waals surface area contributed by atoms with Gasteiger partial charge in [0.1, 0.15) is 24.4 Å². The van der Waals surface area contributed by atoms with Crippen molar-refractivity contribution in [1.82, 2.24) is 4.90 Å². The lowest BCUT2D eigenvalue weighted by Gasteiger charge is -2.29. The summed E-state index contributed by atoms with van der Waals surface area (Å²) in [4.78, 5) is 2.36. The molecule has 25 heavy (non-hydrogen) atoms. The van der Waals surface area contributed by atoms with Crippen LogP contribution in [0, 0.1) is 0 Å². The van der Waals surface area contributed by atoms with Crippen LogP contribution in [-0.2, 0) is 25.6 Å². The number of likely N-dealkylation sites (N-methyl/N-ethyl adjacent to an activating group) is 1. The third-order valence-corrected chi connectivity index (χ3v) is 6.42. The van der Waals surface area contributed by atoms with Crippen molar-refractivity contribution in [3.05, 3.63) is 35.9 Å². The molecule has 3 aliphatic rings. The number of hydrogen-bond acceptors (Lipinski definition) is 6. The van der Waals surface area contributed by atoms with Crippen molar-refractivity contribution in [3.63, 3.8) is 0 Å². The molecule has 0 amide bonds. The molecule has 3 fully saturated rings. The van der Waals surface area contributed by atoms with Crippen molar-refractivity contribution in [2.75, 3.05) is 26.0 Å². The summed E-state index contributed by atoms with van der Waals surface area (Å²) in [6, 6.07) is 10.2. The Kier molecular flexibility index (Phi) is 5.10. The highest BCUT2D eigenvalue weighted by Gasteiger charge is 2.58. The summed E-state index contributed by atoms with van der Waals surface area (Å²) in [5.41, 5.74) is 1.17. The third kappa shape index (κ3) is 3.75. The van der Waals surface area contributed by atoms with Crippen molar-refractivity contribution in [1.29, 1.82) is 0 Å². The molecule has 1 aromatic rings. The summed E-state index contributed by atoms with van der Waals surface area (Å²) in [5.74, 6) is 0.578. The van der Waals surface area contributed by atoms with Crippen LogP contribution in [0.15, 0.2) is 30.3 Å². The molecular formula is C19H27NO4S. The quantitative estimate of drug-likeness (QED) is 0.798. The number of nitrogens with zero attached hydrogens (tertiary/aromatic N) is 1. The second kappa shape index (κ2) is 7.18. The summed E-state index contributed by atoms with van der Waals surface area (Å²) in [6.45, 7) is 6.16. The van der Waals surface area contributed by atoms with E-state index in [2.05, 4.69) is 24.1 Å². The Morgan fingerprint density at radius 1 is 1.16 bits per heavy atom. The monoisotopic (exact) mass is 365 g/mol. The highest BCUT2D eigenvalue weighted by atomic mass is 32.2. The van der Waals surface area contributed by atoms with Crippen LogP contribution in [0.1, 0.15) is 19.4 Å². The molecule has 3 aliphatic heterocycles. The van der Waals surface area contributed by atoms with E-state index in [1.54, 1.807) is 0 Å². The number of hydrogen-bond donors (Lipinski definition) is 0. The molecule has 6 heteroatoms. The number of rotatable bonds is 5. The van der Waals surface area contributed by atoms with E-state index >= 15 is 0 Å². The van der Waals surface area contributed by atoms with Gasteiger partial charge >= 0.3 is 0 Å². The van der Waals surface area contributed by atoms with Crippen LogP contribution in [0.25, 0.3) is 0 Å². The van der Waals surface area contributed by atoms with Crippen molar-refractivity contribution >= 4 is 11.8 Å². The van der Waals surface area contributed by atoms with Gasteiger partial charge in [-0.3, -0.25) is 4.90 Å². The fourth-order valence-corrected chi connectivity index (χ4v) is 5.27. The van der Waals surface area contributed by atoms with Crippen molar-refractivity contribution in [3.8, 4) is 0 Å². The number of fused-ring (bicyclic) bond motifs is 1. The van der Waals surface area contributed by atoms with Gasteiger partial charge in [-0.25, -0.2) is 0 Å². The molecule has 0 bridgehead atoms. The molecular weight excluding hydrogens is 338 g/mol. The van der Waals surface area contributed by atoms with Gasteiger partial charge in [-0.15, -0.1) is 11.8 Å². The molecule has 4 rings (SSSR count). The Hall–Kier alpha value is -0.630. The fraction of sp³-hybridized carbons (Fsp3) is 0.684. The summed E-state index contributed by atoms with van der Waals surface area (Å²) in [7, 11) is 2.16. The van der Waals surface area contributed by atoms with E-state index in [9.17, 15) is 0 Å². The maximum absolute atomic E-state index is 6.38. The Morgan fingerprint density at radius 3 is 2.64 bits per heavy atom. The first kappa shape index (κ1) is 17.8. The van der Waals surface area contributed by atoms with E-state index in [1.807, 2.05) is 43.8 Å². The van der Waals surface area contributed by atoms with Crippen LogP contribution in [-0.4, -0.2) is 66.4 Å². The Balaban J connectivity index is 1.41. The second-order valence-electron chi connectivity index (χ2n) is 7.45. The lowest BCUT2D eigenvalue weighted by molar-refractivity contribution is -0.194. The molecule has 3 heterocycles. The Labute approximate surface area is 153 Å². The first-order chi connectivity index (χ1) is 12.0. The summed E-state index contributed by atoms with van der Waals surface area (Å²) >= 11 is 1.94. The summed E-state index contributed by atoms with van der Waals surface area (Å²) < 4.78 is 24.7. The molecule has 1 unspecified atom stereocenters. The lowest BCUT2D eigenvalue weighted by atomic mass is 10.1. The minimum Gasteiger partial charge on any atom is -0.374 e. The minimum atomic E-state index is -0.559. The number of benzene rings is 1. The topological polar surface area (TPSA) is 40.2 Å². The van der Waals surface area contributed by atoms with Gasteiger partial charge in [0.2, 0.25) is 0 Å². The second-order valence-corrected chi connectivity index (χ2v) is 8.67. The molecule has 0 radical (unpaired) electrons. The fourth-order valence-electron chi connectivity index (χ4n) is 3.86. The van der Waals surface area contributed by atoms with Crippen LogP contribution in [0.2, 0.25) is 0 Å². The Morgan fingerprint density at radius 2 is 1.92 bits per heavy atom. The van der Waals surface area contributed by atoms with Crippen molar-refractivity contribution in [2.24, 2.45) is 0 Å². The maximum atomic E-state index is 6.38. The largest absolute Gasteiger partial charge is 0.374 e. The SMILES string of the molecule is CN1CCSC1[C@@H]1O[C@H](COCc2ccccc2)[C@H]2OC(C)(C)O[C@H]21. The van der Waals surface area contributed by atoms with Gasteiger partial charge in [0.25, 0.3) is 0 Å². The number of ether oxygens (including phenoxy) is 4. The van der Waals surface area contributed by atoms with E-state index in [0.717, 1.165) is 12.3 Å².